The van der Waals surface area contributed by atoms with E-state index in [0.717, 1.165) is 11.1 Å². The van der Waals surface area contributed by atoms with Gasteiger partial charge < -0.3 is 14.9 Å². The van der Waals surface area contributed by atoms with Gasteiger partial charge >= 0.3 is 26.8 Å². The molecule has 36 heavy (non-hydrogen) atoms. The topological polar surface area (TPSA) is 0 Å². The van der Waals surface area contributed by atoms with E-state index < -0.39 is 0 Å². The van der Waals surface area contributed by atoms with Crippen molar-refractivity contribution in [1.82, 2.24) is 0 Å². The zero-order valence-electron chi connectivity index (χ0n) is 21.3. The summed E-state index contributed by atoms with van der Waals surface area (Å²) >= 11 is 1.81. The molecule has 0 N–H and O–H groups in total. The Kier molecular flexibility index (Phi) is 18.2. The fraction of sp³-hybridized carbons (Fsp3) is 0. The van der Waals surface area contributed by atoms with Gasteiger partial charge in [0.05, 0.1) is 0 Å². The van der Waals surface area contributed by atoms with E-state index in [2.05, 4.69) is 106 Å². The molecule has 6 aromatic carbocycles. The number of fused-ring (bicyclic) bond motifs is 2. The molecule has 0 aliphatic rings. The average molecular weight is 519 g/mol. The van der Waals surface area contributed by atoms with Crippen LogP contribution in [0.3, 0.4) is 0 Å². The van der Waals surface area contributed by atoms with Gasteiger partial charge in [-0.05, 0) is 0 Å². The molecule has 2 radical (unpaired) electrons. The maximum absolute atomic E-state index is 3.72. The van der Waals surface area contributed by atoms with Gasteiger partial charge in [0.2, 0.25) is 0 Å². The zero-order valence-corrected chi connectivity index (χ0v) is 23.8. The Bertz CT molecular complexity index is 1140. The maximum Gasteiger partial charge on any atom is -0.0809 e. The summed E-state index contributed by atoms with van der Waals surface area (Å²) in [6.45, 7) is 7.44. The van der Waals surface area contributed by atoms with Crippen LogP contribution in [-0.4, -0.2) is 7.63 Å². The molecule has 0 atom stereocenters. The second-order valence-corrected chi connectivity index (χ2v) is 7.28. The van der Waals surface area contributed by atoms with E-state index in [1.165, 1.54) is 21.5 Å². The van der Waals surface area contributed by atoms with Crippen LogP contribution in [0.2, 0.25) is 0 Å². The van der Waals surface area contributed by atoms with Crippen molar-refractivity contribution in [3.8, 4) is 0 Å². The second kappa shape index (κ2) is 20.0. The van der Waals surface area contributed by atoms with Crippen molar-refractivity contribution in [2.45, 2.75) is 0 Å². The van der Waals surface area contributed by atoms with Gasteiger partial charge in [-0.2, -0.15) is 84.3 Å². The Labute approximate surface area is 232 Å². The van der Waals surface area contributed by atoms with Crippen molar-refractivity contribution in [3.05, 3.63) is 185 Å². The molecule has 0 saturated carbocycles. The van der Waals surface area contributed by atoms with Crippen LogP contribution >= 0.6 is 0 Å². The summed E-state index contributed by atoms with van der Waals surface area (Å²) in [6, 6.07) is 49.1. The van der Waals surface area contributed by atoms with Crippen LogP contribution < -0.4 is 0 Å². The third-order valence-electron chi connectivity index (χ3n) is 4.78. The van der Waals surface area contributed by atoms with Crippen molar-refractivity contribution in [2.75, 3.05) is 0 Å². The Morgan fingerprint density at radius 1 is 0.444 bits per heavy atom. The monoisotopic (exact) mass is 518 g/mol. The smallest absolute Gasteiger partial charge is 0.0809 e. The largest absolute Gasteiger partial charge is 0.168 e. The Hall–Kier alpha value is -3.23. The molecule has 0 nitrogen and oxygen atoms in total. The maximum atomic E-state index is 3.72. The standard InChI is InChI=1S/2C9H7.2C7H7.2CH3.Si.Ti/c2*1-2-5-9-7-3-6-8(9)4-1;2*1-7-5-3-2-4-6-7;;;;/h2*1-7H;2*2-6H,1H2;2*1H3;;/q6*-1;;. The van der Waals surface area contributed by atoms with Crippen LogP contribution in [0.25, 0.3) is 21.5 Å². The van der Waals surface area contributed by atoms with Crippen LogP contribution in [0.4, 0.5) is 0 Å². The molecular formula is C34H34SiTi-6. The molecule has 0 bridgehead atoms. The van der Waals surface area contributed by atoms with E-state index in [1.54, 1.807) is 19.2 Å². The first-order valence-corrected chi connectivity index (χ1v) is 13.8. The molecule has 0 heterocycles. The predicted octanol–water partition coefficient (Wildman–Crippen LogP) is 9.37. The zero-order chi connectivity index (χ0) is 24.4. The first-order valence-electron chi connectivity index (χ1n) is 10.9. The van der Waals surface area contributed by atoms with E-state index in [9.17, 15) is 0 Å². The van der Waals surface area contributed by atoms with Gasteiger partial charge in [0.25, 0.3) is 0 Å². The van der Waals surface area contributed by atoms with Crippen LogP contribution in [0.1, 0.15) is 11.1 Å². The van der Waals surface area contributed by atoms with E-state index in [1.807, 2.05) is 60.7 Å². The van der Waals surface area contributed by atoms with Gasteiger partial charge in [-0.3, -0.25) is 0 Å². The molecule has 0 fully saturated rings. The Balaban J connectivity index is 0.000000439. The van der Waals surface area contributed by atoms with E-state index in [0.29, 0.717) is 0 Å². The number of benzene rings is 4. The van der Waals surface area contributed by atoms with Crippen molar-refractivity contribution in [2.24, 2.45) is 0 Å². The van der Waals surface area contributed by atoms with Gasteiger partial charge in [-0.25, -0.2) is 0 Å². The molecule has 0 aliphatic heterocycles. The predicted molar refractivity (Wildman–Crippen MR) is 159 cm³/mol. The molecule has 0 unspecified atom stereocenters. The molecule has 184 valence electrons. The SMILES string of the molecule is [CH2-]c1ccccc1.[CH2-]c1ccccc1.[CH3-].[CH3-].[Si]=[Ti].c1ccc2[cH-]ccc2c1.c1ccc2[cH-]ccc2c1. The van der Waals surface area contributed by atoms with Crippen molar-refractivity contribution >= 4 is 29.2 Å². The summed E-state index contributed by atoms with van der Waals surface area (Å²) in [5.74, 6) is 0. The summed E-state index contributed by atoms with van der Waals surface area (Å²) < 4.78 is 0. The van der Waals surface area contributed by atoms with E-state index in [4.69, 9.17) is 0 Å². The molecule has 0 saturated heterocycles. The minimum absolute atomic E-state index is 0. The number of hydrogen-bond acceptors (Lipinski definition) is 0. The summed E-state index contributed by atoms with van der Waals surface area (Å²) in [5, 5.41) is 5.32. The molecule has 6 aromatic rings. The number of hydrogen-bond donors (Lipinski definition) is 0. The molecule has 0 aromatic heterocycles. The minimum atomic E-state index is 0. The fourth-order valence-corrected chi connectivity index (χ4v) is 3.10. The Morgan fingerprint density at radius 2 is 0.750 bits per heavy atom. The van der Waals surface area contributed by atoms with E-state index >= 15 is 0 Å². The van der Waals surface area contributed by atoms with Crippen LogP contribution in [0.5, 0.6) is 0 Å². The molecule has 0 amide bonds. The first-order chi connectivity index (χ1) is 16.7. The molecule has 0 spiro atoms. The second-order valence-electron chi connectivity index (χ2n) is 7.28. The summed E-state index contributed by atoms with van der Waals surface area (Å²) in [6.07, 6.45) is 0. The van der Waals surface area contributed by atoms with Crippen molar-refractivity contribution in [1.29, 1.82) is 0 Å². The van der Waals surface area contributed by atoms with Gasteiger partial charge in [0, 0.05) is 0 Å². The molecule has 6 rings (SSSR count). The molecule has 2 heteroatoms. The summed E-state index contributed by atoms with van der Waals surface area (Å²) in [5.41, 5.74) is 2.14. The van der Waals surface area contributed by atoms with Crippen molar-refractivity contribution < 1.29 is 19.2 Å². The van der Waals surface area contributed by atoms with Crippen LogP contribution in [0.15, 0.2) is 146 Å². The fourth-order valence-electron chi connectivity index (χ4n) is 3.10. The normalized spacial score (nSPS) is 8.53. The third kappa shape index (κ3) is 12.5. The van der Waals surface area contributed by atoms with Gasteiger partial charge in [-0.1, -0.05) is 24.3 Å². The Morgan fingerprint density at radius 3 is 1.03 bits per heavy atom. The third-order valence-corrected chi connectivity index (χ3v) is 4.78. The van der Waals surface area contributed by atoms with Crippen LogP contribution in [-0.2, 0) is 19.2 Å². The van der Waals surface area contributed by atoms with Gasteiger partial charge in [-0.15, -0.1) is 83.6 Å². The average Bonchev–Trinajstić information content (AvgIpc) is 3.57. The molecular weight excluding hydrogens is 484 g/mol. The molecule has 0 aliphatic carbocycles. The quantitative estimate of drug-likeness (QED) is 0.139. The van der Waals surface area contributed by atoms with Gasteiger partial charge in [0.1, 0.15) is 0 Å². The summed E-state index contributed by atoms with van der Waals surface area (Å²) in [4.78, 5) is 0. The van der Waals surface area contributed by atoms with Gasteiger partial charge in [0.15, 0.2) is 0 Å². The van der Waals surface area contributed by atoms with Crippen LogP contribution in [0, 0.1) is 28.7 Å². The first kappa shape index (κ1) is 32.8. The minimum Gasteiger partial charge on any atom is -0.168 e. The van der Waals surface area contributed by atoms with Crippen molar-refractivity contribution in [3.63, 3.8) is 0 Å². The summed E-state index contributed by atoms with van der Waals surface area (Å²) in [7, 11) is 2.97. The van der Waals surface area contributed by atoms with E-state index in [-0.39, 0.29) is 14.9 Å². The number of rotatable bonds is 0.